The zero-order valence-corrected chi connectivity index (χ0v) is 21.1. The highest BCUT2D eigenvalue weighted by atomic mass is 19.4. The van der Waals surface area contributed by atoms with Gasteiger partial charge < -0.3 is 15.0 Å². The molecule has 1 saturated carbocycles. The lowest BCUT2D eigenvalue weighted by atomic mass is 9.92. The lowest BCUT2D eigenvalue weighted by molar-refractivity contribution is -0.388. The summed E-state index contributed by atoms with van der Waals surface area (Å²) in [6, 6.07) is 8.13. The van der Waals surface area contributed by atoms with Crippen LogP contribution in [-0.2, 0) is 17.1 Å². The zero-order valence-electron chi connectivity index (χ0n) is 21.1. The molecule has 2 aromatic rings. The maximum absolute atomic E-state index is 13.2. The average Bonchev–Trinajstić information content (AvgIpc) is 2.89. The normalized spacial score (nSPS) is 21.1. The number of hydrogen-bond acceptors (Lipinski definition) is 6. The molecule has 1 heterocycles. The maximum Gasteiger partial charge on any atom is 0.423 e. The summed E-state index contributed by atoms with van der Waals surface area (Å²) in [4.78, 5) is 14.2. The van der Waals surface area contributed by atoms with Crippen LogP contribution in [0.3, 0.4) is 0 Å². The first kappa shape index (κ1) is 28.9. The van der Waals surface area contributed by atoms with Gasteiger partial charge in [-0.05, 0) is 62.1 Å². The Balaban J connectivity index is 1.16. The van der Waals surface area contributed by atoms with Crippen LogP contribution in [0.5, 0.6) is 0 Å². The lowest BCUT2D eigenvalue weighted by Gasteiger charge is -2.36. The topological polar surface area (TPSA) is 70.9 Å². The molecule has 1 saturated heterocycles. The van der Waals surface area contributed by atoms with Crippen LogP contribution in [0.4, 0.5) is 43.4 Å². The Bertz CT molecular complexity index is 1110. The fraction of sp³-hybridized carbons (Fsp3) is 0.538. The summed E-state index contributed by atoms with van der Waals surface area (Å²) in [5, 5.41) is 14.0. The van der Waals surface area contributed by atoms with Crippen LogP contribution in [0.2, 0.25) is 0 Å². The first-order valence-electron chi connectivity index (χ1n) is 12.8. The third kappa shape index (κ3) is 7.75. The number of rotatable bonds is 8. The molecule has 1 aliphatic carbocycles. The van der Waals surface area contributed by atoms with Crippen molar-refractivity contribution in [3.63, 3.8) is 0 Å². The summed E-state index contributed by atoms with van der Waals surface area (Å²) in [5.41, 5.74) is -1.92. The van der Waals surface area contributed by atoms with Crippen molar-refractivity contribution in [2.75, 3.05) is 49.5 Å². The van der Waals surface area contributed by atoms with Gasteiger partial charge in [0.1, 0.15) is 5.56 Å². The number of nitrogens with one attached hydrogen (secondary N) is 1. The van der Waals surface area contributed by atoms with Gasteiger partial charge in [0.2, 0.25) is 0 Å². The maximum atomic E-state index is 13.2. The molecule has 0 spiro atoms. The Labute approximate surface area is 221 Å². The minimum atomic E-state index is -4.82. The predicted octanol–water partition coefficient (Wildman–Crippen LogP) is 6.19. The van der Waals surface area contributed by atoms with E-state index in [0.717, 1.165) is 62.4 Å². The fourth-order valence-corrected chi connectivity index (χ4v) is 5.06. The summed E-state index contributed by atoms with van der Waals surface area (Å²) >= 11 is 0. The number of benzene rings is 2. The molecule has 4 rings (SSSR count). The van der Waals surface area contributed by atoms with Crippen LogP contribution in [-0.4, -0.2) is 61.3 Å². The van der Waals surface area contributed by atoms with Gasteiger partial charge in [-0.25, -0.2) is 0 Å². The molecule has 0 aromatic heterocycles. The minimum Gasteiger partial charge on any atom is -0.382 e. The van der Waals surface area contributed by atoms with Gasteiger partial charge in [0, 0.05) is 56.2 Å². The second-order valence-electron chi connectivity index (χ2n) is 9.85. The summed E-state index contributed by atoms with van der Waals surface area (Å²) in [7, 11) is 0. The monoisotopic (exact) mass is 560 g/mol. The third-order valence-electron chi connectivity index (χ3n) is 7.24. The Kier molecular flexibility index (Phi) is 8.90. The van der Waals surface area contributed by atoms with Gasteiger partial charge in [-0.1, -0.05) is 0 Å². The average molecular weight is 561 g/mol. The SMILES string of the molecule is O=[N+]([O-])c1ccc(N[C@H]2CC[C@H](OCCN3CCN(c4ccc(C(F)(F)F)cc4)CC3)CC2)cc1C(F)(F)F. The molecule has 0 amide bonds. The van der Waals surface area contributed by atoms with Crippen molar-refractivity contribution in [2.24, 2.45) is 0 Å². The number of ether oxygens (including phenoxy) is 1. The van der Waals surface area contributed by atoms with Gasteiger partial charge in [-0.2, -0.15) is 26.3 Å². The standard InChI is InChI=1S/C26H30F6N4O3/c27-25(28,29)18-1-6-21(7-2-18)35-13-11-34(12-14-35)15-16-39-22-8-3-19(4-9-22)33-20-5-10-24(36(37)38)23(17-20)26(30,31)32/h1-2,5-7,10,17,19,22,33H,3-4,8-9,11-16H2/t19-,22-. The van der Waals surface area contributed by atoms with Gasteiger partial charge in [0.05, 0.1) is 23.2 Å². The van der Waals surface area contributed by atoms with Gasteiger partial charge >= 0.3 is 12.4 Å². The molecule has 13 heteroatoms. The summed E-state index contributed by atoms with van der Waals surface area (Å²) in [5.74, 6) is 0. The van der Waals surface area contributed by atoms with Gasteiger partial charge in [-0.3, -0.25) is 15.0 Å². The molecule has 39 heavy (non-hydrogen) atoms. The van der Waals surface area contributed by atoms with Crippen molar-refractivity contribution in [3.05, 3.63) is 63.7 Å². The molecular weight excluding hydrogens is 530 g/mol. The number of alkyl halides is 6. The van der Waals surface area contributed by atoms with Crippen LogP contribution in [0.1, 0.15) is 36.8 Å². The van der Waals surface area contributed by atoms with Gasteiger partial charge in [0.25, 0.3) is 5.69 Å². The number of halogens is 6. The predicted molar refractivity (Wildman–Crippen MR) is 134 cm³/mol. The van der Waals surface area contributed by atoms with E-state index in [1.54, 1.807) is 0 Å². The summed E-state index contributed by atoms with van der Waals surface area (Å²) in [6.45, 7) is 4.25. The van der Waals surface area contributed by atoms with E-state index in [1.165, 1.54) is 18.2 Å². The van der Waals surface area contributed by atoms with E-state index in [0.29, 0.717) is 32.5 Å². The van der Waals surface area contributed by atoms with Crippen LogP contribution < -0.4 is 10.2 Å². The molecule has 7 nitrogen and oxygen atoms in total. The number of hydrogen-bond donors (Lipinski definition) is 1. The van der Waals surface area contributed by atoms with E-state index >= 15 is 0 Å². The van der Waals surface area contributed by atoms with E-state index in [1.807, 2.05) is 0 Å². The second-order valence-corrected chi connectivity index (χ2v) is 9.85. The number of nitro groups is 1. The molecule has 0 unspecified atom stereocenters. The quantitative estimate of drug-likeness (QED) is 0.236. The first-order valence-corrected chi connectivity index (χ1v) is 12.8. The molecule has 2 fully saturated rings. The van der Waals surface area contributed by atoms with Crippen molar-refractivity contribution in [2.45, 2.75) is 50.2 Å². The Morgan fingerprint density at radius 1 is 0.897 bits per heavy atom. The van der Waals surface area contributed by atoms with Crippen molar-refractivity contribution in [1.29, 1.82) is 0 Å². The Morgan fingerprint density at radius 3 is 2.10 bits per heavy atom. The Hall–Kier alpha value is -3.06. The number of nitrogens with zero attached hydrogens (tertiary/aromatic N) is 3. The summed E-state index contributed by atoms with van der Waals surface area (Å²) < 4.78 is 84.0. The molecule has 2 aliphatic rings. The Morgan fingerprint density at radius 2 is 1.54 bits per heavy atom. The van der Waals surface area contributed by atoms with Gasteiger partial charge in [0.15, 0.2) is 0 Å². The van der Waals surface area contributed by atoms with Crippen LogP contribution in [0.25, 0.3) is 0 Å². The smallest absolute Gasteiger partial charge is 0.382 e. The van der Waals surface area contributed by atoms with E-state index in [4.69, 9.17) is 4.74 Å². The molecule has 214 valence electrons. The molecule has 1 N–H and O–H groups in total. The largest absolute Gasteiger partial charge is 0.423 e. The highest BCUT2D eigenvalue weighted by molar-refractivity contribution is 5.55. The second kappa shape index (κ2) is 12.0. The van der Waals surface area contributed by atoms with Crippen molar-refractivity contribution >= 4 is 17.1 Å². The van der Waals surface area contributed by atoms with E-state index in [-0.39, 0.29) is 17.8 Å². The molecule has 2 aromatic carbocycles. The van der Waals surface area contributed by atoms with E-state index in [2.05, 4.69) is 15.1 Å². The number of piperazine rings is 1. The number of anilines is 2. The van der Waals surface area contributed by atoms with Crippen LogP contribution >= 0.6 is 0 Å². The van der Waals surface area contributed by atoms with E-state index in [9.17, 15) is 36.5 Å². The number of nitro benzene ring substituents is 1. The molecule has 0 bridgehead atoms. The van der Waals surface area contributed by atoms with Crippen LogP contribution in [0.15, 0.2) is 42.5 Å². The molecular formula is C26H30F6N4O3. The highest BCUT2D eigenvalue weighted by Gasteiger charge is 2.38. The van der Waals surface area contributed by atoms with Crippen molar-refractivity contribution in [3.8, 4) is 0 Å². The molecule has 0 radical (unpaired) electrons. The van der Waals surface area contributed by atoms with Crippen LogP contribution in [0, 0.1) is 10.1 Å². The molecule has 0 atom stereocenters. The molecule has 1 aliphatic heterocycles. The van der Waals surface area contributed by atoms with Crippen molar-refractivity contribution in [1.82, 2.24) is 4.90 Å². The first-order chi connectivity index (χ1) is 18.4. The highest BCUT2D eigenvalue weighted by Crippen LogP contribution is 2.38. The minimum absolute atomic E-state index is 0.0503. The fourth-order valence-electron chi connectivity index (χ4n) is 5.06. The van der Waals surface area contributed by atoms with E-state index < -0.39 is 34.1 Å². The lowest BCUT2D eigenvalue weighted by Crippen LogP contribution is -2.47. The zero-order chi connectivity index (χ0) is 28.2. The third-order valence-corrected chi connectivity index (χ3v) is 7.24. The van der Waals surface area contributed by atoms with Gasteiger partial charge in [-0.15, -0.1) is 0 Å². The summed E-state index contributed by atoms with van der Waals surface area (Å²) in [6.07, 6.45) is -6.21. The van der Waals surface area contributed by atoms with Crippen molar-refractivity contribution < 1.29 is 36.0 Å².